The van der Waals surface area contributed by atoms with Gasteiger partial charge in [0.15, 0.2) is 23.5 Å². The molecule has 9 nitrogen and oxygen atoms in total. The predicted molar refractivity (Wildman–Crippen MR) is 112 cm³/mol. The van der Waals surface area contributed by atoms with E-state index < -0.39 is 23.5 Å². The van der Waals surface area contributed by atoms with Crippen LogP contribution in [0.5, 0.6) is 0 Å². The summed E-state index contributed by atoms with van der Waals surface area (Å²) in [5.74, 6) is 0.590. The number of quaternary nitrogens is 1. The van der Waals surface area contributed by atoms with Crippen LogP contribution in [-0.2, 0) is 13.2 Å². The number of fused-ring (bicyclic) bond motifs is 6. The van der Waals surface area contributed by atoms with Crippen LogP contribution in [0.1, 0.15) is 35.8 Å². The molecule has 5 unspecified atom stereocenters. The number of carbonyl (C=O) groups excluding carboxylic acids is 1. The van der Waals surface area contributed by atoms with Gasteiger partial charge in [-0.25, -0.2) is 9.50 Å². The molecule has 0 radical (unpaired) electrons. The lowest BCUT2D eigenvalue weighted by Crippen LogP contribution is -2.53. The maximum absolute atomic E-state index is 13.3. The smallest absolute Gasteiger partial charge is 0.319 e. The Morgan fingerprint density at radius 1 is 1.30 bits per heavy atom. The number of amides is 1. The molecule has 3 fully saturated rings. The van der Waals surface area contributed by atoms with Gasteiger partial charge in [-0.1, -0.05) is 6.92 Å². The van der Waals surface area contributed by atoms with Crippen LogP contribution in [0.3, 0.4) is 0 Å². The number of likely N-dealkylation sites (N-methyl/N-ethyl adjacent to an activating group) is 1. The second-order valence-corrected chi connectivity index (χ2v) is 9.67. The highest BCUT2D eigenvalue weighted by Gasteiger charge is 2.72. The molecule has 1 amide bonds. The minimum atomic E-state index is -4.68. The Balaban J connectivity index is 1.35. The molecular formula is C21H24F3N8O+. The molecule has 3 saturated heterocycles. The van der Waals surface area contributed by atoms with Crippen LogP contribution >= 0.6 is 0 Å². The van der Waals surface area contributed by atoms with E-state index in [9.17, 15) is 18.0 Å². The number of carbonyl (C=O) groups is 1. The highest BCUT2D eigenvalue weighted by molar-refractivity contribution is 6.08. The van der Waals surface area contributed by atoms with Gasteiger partial charge < -0.3 is 5.32 Å². The predicted octanol–water partition coefficient (Wildman–Crippen LogP) is 2.51. The third-order valence-electron chi connectivity index (χ3n) is 7.53. The molecule has 174 valence electrons. The number of aromatic nitrogens is 5. The number of nitrogens with zero attached hydrogens (tertiary/aromatic N) is 7. The fourth-order valence-corrected chi connectivity index (χ4v) is 6.06. The van der Waals surface area contributed by atoms with Crippen molar-refractivity contribution < 1.29 is 22.4 Å². The number of hydrogen-bond donors (Lipinski definition) is 1. The standard InChI is InChI=1S/C21H23F3N8O/c1-11-4-5-14-15-10-32(15,3)20(11)31(14)16-6-7-30-18(27-16)12(8-25-30)19(33)26-13-9-29(2)28-17(13)21(22,23)24/h6-9,11,14-15,20H,4-5,10H2,1-3H3/p+1. The van der Waals surface area contributed by atoms with Gasteiger partial charge in [-0.2, -0.15) is 23.4 Å². The van der Waals surface area contributed by atoms with E-state index in [2.05, 4.69) is 34.4 Å². The van der Waals surface area contributed by atoms with Crippen molar-refractivity contribution in [3.63, 3.8) is 0 Å². The van der Waals surface area contributed by atoms with Crippen LogP contribution < -0.4 is 10.2 Å². The van der Waals surface area contributed by atoms with Crippen LogP contribution in [0.2, 0.25) is 0 Å². The Bertz CT molecular complexity index is 1280. The quantitative estimate of drug-likeness (QED) is 0.479. The normalized spacial score (nSPS) is 30.5. The first kappa shape index (κ1) is 20.5. The van der Waals surface area contributed by atoms with Gasteiger partial charge in [0.2, 0.25) is 0 Å². The van der Waals surface area contributed by atoms with Gasteiger partial charge in [0.25, 0.3) is 5.91 Å². The molecule has 1 N–H and O–H groups in total. The second-order valence-electron chi connectivity index (χ2n) is 9.67. The van der Waals surface area contributed by atoms with Crippen LogP contribution in [0, 0.1) is 5.92 Å². The van der Waals surface area contributed by atoms with E-state index in [4.69, 9.17) is 4.98 Å². The lowest BCUT2D eigenvalue weighted by molar-refractivity contribution is -0.812. The first-order valence-electron chi connectivity index (χ1n) is 11.0. The van der Waals surface area contributed by atoms with Crippen molar-refractivity contribution >= 4 is 23.1 Å². The molecule has 6 heterocycles. The van der Waals surface area contributed by atoms with Crippen molar-refractivity contribution in [3.05, 3.63) is 35.9 Å². The maximum Gasteiger partial charge on any atom is 0.437 e. The molecule has 0 aromatic carbocycles. The highest BCUT2D eigenvalue weighted by atomic mass is 19.4. The molecule has 3 aromatic rings. The Hall–Kier alpha value is -3.15. The number of alkyl halides is 3. The Morgan fingerprint density at radius 3 is 2.85 bits per heavy atom. The number of rotatable bonds is 3. The summed E-state index contributed by atoms with van der Waals surface area (Å²) in [7, 11) is 3.66. The van der Waals surface area contributed by atoms with Crippen molar-refractivity contribution in [1.82, 2.24) is 24.4 Å². The van der Waals surface area contributed by atoms with Crippen molar-refractivity contribution in [2.24, 2.45) is 13.0 Å². The highest BCUT2D eigenvalue weighted by Crippen LogP contribution is 2.54. The summed E-state index contributed by atoms with van der Waals surface area (Å²) in [5, 5.41) is 9.95. The molecule has 5 atom stereocenters. The summed E-state index contributed by atoms with van der Waals surface area (Å²) in [5.41, 5.74) is -1.13. The van der Waals surface area contributed by atoms with Crippen molar-refractivity contribution in [2.45, 2.75) is 44.2 Å². The van der Waals surface area contributed by atoms with E-state index in [1.165, 1.54) is 30.7 Å². The van der Waals surface area contributed by atoms with E-state index >= 15 is 0 Å². The van der Waals surface area contributed by atoms with Gasteiger partial charge in [0.05, 0.1) is 25.0 Å². The number of anilines is 2. The number of piperidine rings is 1. The van der Waals surface area contributed by atoms with Gasteiger partial charge >= 0.3 is 6.18 Å². The van der Waals surface area contributed by atoms with Crippen LogP contribution in [0.25, 0.3) is 5.65 Å². The fourth-order valence-electron chi connectivity index (χ4n) is 6.06. The maximum atomic E-state index is 13.3. The zero-order valence-corrected chi connectivity index (χ0v) is 18.4. The average molecular weight is 461 g/mol. The summed E-state index contributed by atoms with van der Waals surface area (Å²) < 4.78 is 43.4. The number of aryl methyl sites for hydroxylation is 1. The van der Waals surface area contributed by atoms with Gasteiger partial charge in [-0.15, -0.1) is 0 Å². The first-order valence-corrected chi connectivity index (χ1v) is 11.0. The van der Waals surface area contributed by atoms with Crippen molar-refractivity contribution in [2.75, 3.05) is 23.8 Å². The third kappa shape index (κ3) is 2.89. The summed E-state index contributed by atoms with van der Waals surface area (Å²) in [6.07, 6.45) is 2.15. The van der Waals surface area contributed by atoms with E-state index in [0.717, 1.165) is 27.6 Å². The Morgan fingerprint density at radius 2 is 2.09 bits per heavy atom. The van der Waals surface area contributed by atoms with E-state index in [-0.39, 0.29) is 5.56 Å². The minimum Gasteiger partial charge on any atom is -0.319 e. The number of nitrogens with one attached hydrogen (secondary N) is 1. The first-order chi connectivity index (χ1) is 15.6. The van der Waals surface area contributed by atoms with Gasteiger partial charge in [-0.05, 0) is 18.9 Å². The van der Waals surface area contributed by atoms with E-state index in [1.54, 1.807) is 6.20 Å². The summed E-state index contributed by atoms with van der Waals surface area (Å²) in [4.78, 5) is 20.1. The van der Waals surface area contributed by atoms with Crippen molar-refractivity contribution in [1.29, 1.82) is 0 Å². The summed E-state index contributed by atoms with van der Waals surface area (Å²) >= 11 is 0. The molecular weight excluding hydrogens is 437 g/mol. The van der Waals surface area contributed by atoms with Gasteiger partial charge in [0.1, 0.15) is 17.9 Å². The lowest BCUT2D eigenvalue weighted by Gasteiger charge is -2.40. The molecule has 0 saturated carbocycles. The monoisotopic (exact) mass is 461 g/mol. The van der Waals surface area contributed by atoms with Gasteiger partial charge in [-0.3, -0.25) is 18.9 Å². The van der Waals surface area contributed by atoms with Crippen molar-refractivity contribution in [3.8, 4) is 0 Å². The molecule has 2 bridgehead atoms. The molecule has 3 aliphatic heterocycles. The Labute approximate surface area is 187 Å². The number of halogens is 3. The van der Waals surface area contributed by atoms with Crippen LogP contribution in [-0.4, -0.2) is 66.6 Å². The van der Waals surface area contributed by atoms with E-state index in [0.29, 0.717) is 29.8 Å². The van der Waals surface area contributed by atoms with E-state index in [1.807, 2.05) is 6.07 Å². The molecule has 0 spiro atoms. The third-order valence-corrected chi connectivity index (χ3v) is 7.53. The molecule has 3 aromatic heterocycles. The Kier molecular flexibility index (Phi) is 4.01. The molecule has 3 aliphatic rings. The summed E-state index contributed by atoms with van der Waals surface area (Å²) in [6.45, 7) is 3.46. The second kappa shape index (κ2) is 6.46. The number of hydrogen-bond acceptors (Lipinski definition) is 5. The average Bonchev–Trinajstić information content (AvgIpc) is 3.04. The fraction of sp³-hybridized carbons (Fsp3) is 0.524. The van der Waals surface area contributed by atoms with Crippen LogP contribution in [0.4, 0.5) is 24.7 Å². The molecule has 33 heavy (non-hydrogen) atoms. The SMILES string of the molecule is CC1CCC2C3C[N+]3(C)C1N2c1ccn2ncc(C(=O)Nc3cn(C)nc3C(F)(F)F)c2n1. The lowest BCUT2D eigenvalue weighted by atomic mass is 9.91. The molecule has 0 aliphatic carbocycles. The molecule has 12 heteroatoms. The zero-order chi connectivity index (χ0) is 23.3. The van der Waals surface area contributed by atoms with Gasteiger partial charge in [0, 0.05) is 25.4 Å². The summed E-state index contributed by atoms with van der Waals surface area (Å²) in [6, 6.07) is 2.92. The van der Waals surface area contributed by atoms with Crippen LogP contribution in [0.15, 0.2) is 24.7 Å². The molecule has 6 rings (SSSR count). The zero-order valence-electron chi connectivity index (χ0n) is 18.4. The topological polar surface area (TPSA) is 80.4 Å². The minimum absolute atomic E-state index is 0.108. The largest absolute Gasteiger partial charge is 0.437 e.